The smallest absolute Gasteiger partial charge is 0.241 e. The molecule has 2 aliphatic heterocycles. The number of benzene rings is 2. The first kappa shape index (κ1) is 23.5. The number of hydrogen-bond donors (Lipinski definition) is 1. The van der Waals surface area contributed by atoms with Gasteiger partial charge in [-0.15, -0.1) is 0 Å². The fourth-order valence-corrected chi connectivity index (χ4v) is 4.92. The van der Waals surface area contributed by atoms with Crippen molar-refractivity contribution in [2.45, 2.75) is 38.8 Å². The van der Waals surface area contributed by atoms with Gasteiger partial charge in [-0.1, -0.05) is 41.0 Å². The van der Waals surface area contributed by atoms with Crippen molar-refractivity contribution in [2.75, 3.05) is 24.5 Å². The third-order valence-corrected chi connectivity index (χ3v) is 6.99. The number of rotatable bonds is 7. The van der Waals surface area contributed by atoms with Crippen LogP contribution in [0.3, 0.4) is 0 Å². The van der Waals surface area contributed by atoms with E-state index in [-0.39, 0.29) is 17.7 Å². The van der Waals surface area contributed by atoms with E-state index in [4.69, 9.17) is 16.1 Å². The number of piperidine rings is 1. The molecule has 0 spiro atoms. The van der Waals surface area contributed by atoms with E-state index in [2.05, 4.69) is 20.4 Å². The largest absolute Gasteiger partial charge is 0.352 e. The van der Waals surface area contributed by atoms with Gasteiger partial charge in [0, 0.05) is 36.7 Å². The number of likely N-dealkylation sites (tertiary alicyclic amines) is 1. The van der Waals surface area contributed by atoms with Crippen LogP contribution in [0.4, 0.5) is 5.69 Å². The summed E-state index contributed by atoms with van der Waals surface area (Å²) in [4.78, 5) is 33.3. The average Bonchev–Trinajstić information content (AvgIpc) is 3.52. The van der Waals surface area contributed by atoms with Crippen LogP contribution in [0.5, 0.6) is 0 Å². The Hall–Kier alpha value is -3.23. The predicted molar refractivity (Wildman–Crippen MR) is 133 cm³/mol. The standard InChI is InChI=1S/C26H28ClN5O3/c27-22-8-2-1-7-21(22)25-29-23(35-30-25)17-31-13-10-19(11-14-31)26(34)28-16-18-5-3-6-20(15-18)32-12-4-9-24(32)33/h1-3,5-8,15,19H,4,9-14,16-17H2,(H,28,34). The highest BCUT2D eigenvalue weighted by atomic mass is 35.5. The Morgan fingerprint density at radius 1 is 1.11 bits per heavy atom. The van der Waals surface area contributed by atoms with Crippen LogP contribution in [0.2, 0.25) is 5.02 Å². The van der Waals surface area contributed by atoms with Crippen molar-refractivity contribution in [3.8, 4) is 11.4 Å². The minimum Gasteiger partial charge on any atom is -0.352 e. The number of anilines is 1. The number of nitrogens with zero attached hydrogens (tertiary/aromatic N) is 4. The number of halogens is 1. The lowest BCUT2D eigenvalue weighted by atomic mass is 9.96. The van der Waals surface area contributed by atoms with Crippen LogP contribution >= 0.6 is 11.6 Å². The van der Waals surface area contributed by atoms with E-state index in [1.807, 2.05) is 47.4 Å². The monoisotopic (exact) mass is 493 g/mol. The molecular weight excluding hydrogens is 466 g/mol. The van der Waals surface area contributed by atoms with Gasteiger partial charge >= 0.3 is 0 Å². The van der Waals surface area contributed by atoms with Crippen LogP contribution in [0.25, 0.3) is 11.4 Å². The molecule has 0 bridgehead atoms. The molecule has 3 aromatic rings. The van der Waals surface area contributed by atoms with Crippen molar-refractivity contribution >= 4 is 29.1 Å². The lowest BCUT2D eigenvalue weighted by Gasteiger charge is -2.30. The lowest BCUT2D eigenvalue weighted by molar-refractivity contribution is -0.126. The van der Waals surface area contributed by atoms with Gasteiger partial charge in [-0.25, -0.2) is 0 Å². The summed E-state index contributed by atoms with van der Waals surface area (Å²) in [6.07, 6.45) is 3.06. The molecule has 0 radical (unpaired) electrons. The van der Waals surface area contributed by atoms with Crippen molar-refractivity contribution < 1.29 is 14.1 Å². The van der Waals surface area contributed by atoms with E-state index in [9.17, 15) is 9.59 Å². The molecule has 2 amide bonds. The van der Waals surface area contributed by atoms with Crippen LogP contribution in [0.1, 0.15) is 37.1 Å². The third-order valence-electron chi connectivity index (χ3n) is 6.66. The van der Waals surface area contributed by atoms with Crippen molar-refractivity contribution in [1.29, 1.82) is 0 Å². The van der Waals surface area contributed by atoms with Gasteiger partial charge < -0.3 is 14.7 Å². The summed E-state index contributed by atoms with van der Waals surface area (Å²) >= 11 is 6.23. The quantitative estimate of drug-likeness (QED) is 0.534. The summed E-state index contributed by atoms with van der Waals surface area (Å²) in [6.45, 7) is 3.34. The molecule has 1 aromatic heterocycles. The highest BCUT2D eigenvalue weighted by molar-refractivity contribution is 6.33. The first-order chi connectivity index (χ1) is 17.1. The first-order valence-electron chi connectivity index (χ1n) is 12.0. The van der Waals surface area contributed by atoms with E-state index >= 15 is 0 Å². The number of nitrogens with one attached hydrogen (secondary N) is 1. The van der Waals surface area contributed by atoms with E-state index in [0.717, 1.165) is 55.7 Å². The van der Waals surface area contributed by atoms with Gasteiger partial charge in [0.25, 0.3) is 0 Å². The molecule has 2 aromatic carbocycles. The van der Waals surface area contributed by atoms with Gasteiger partial charge in [0.05, 0.1) is 11.6 Å². The minimum atomic E-state index is -0.0176. The molecule has 0 saturated carbocycles. The molecule has 2 aliphatic rings. The molecule has 2 saturated heterocycles. The number of carbonyl (C=O) groups excluding carboxylic acids is 2. The number of hydrogen-bond acceptors (Lipinski definition) is 6. The molecule has 0 unspecified atom stereocenters. The highest BCUT2D eigenvalue weighted by Crippen LogP contribution is 2.26. The second-order valence-corrected chi connectivity index (χ2v) is 9.49. The summed E-state index contributed by atoms with van der Waals surface area (Å²) in [5, 5.41) is 7.72. The van der Waals surface area contributed by atoms with Crippen LogP contribution in [0, 0.1) is 5.92 Å². The molecule has 35 heavy (non-hydrogen) atoms. The topological polar surface area (TPSA) is 91.6 Å². The summed E-state index contributed by atoms with van der Waals surface area (Å²) in [7, 11) is 0. The van der Waals surface area contributed by atoms with E-state index < -0.39 is 0 Å². The van der Waals surface area contributed by atoms with Gasteiger partial charge in [0.15, 0.2) is 0 Å². The maximum Gasteiger partial charge on any atom is 0.241 e. The predicted octanol–water partition coefficient (Wildman–Crippen LogP) is 4.05. The van der Waals surface area contributed by atoms with Gasteiger partial charge in [0.2, 0.25) is 23.5 Å². The molecule has 8 nitrogen and oxygen atoms in total. The summed E-state index contributed by atoms with van der Waals surface area (Å²) < 4.78 is 5.43. The van der Waals surface area contributed by atoms with Crippen LogP contribution in [-0.4, -0.2) is 46.5 Å². The summed E-state index contributed by atoms with van der Waals surface area (Å²) in [6, 6.07) is 15.3. The molecule has 2 fully saturated rings. The third kappa shape index (κ3) is 5.55. The van der Waals surface area contributed by atoms with Crippen molar-refractivity contribution in [2.24, 2.45) is 5.92 Å². The van der Waals surface area contributed by atoms with Gasteiger partial charge in [-0.2, -0.15) is 4.98 Å². The van der Waals surface area contributed by atoms with Crippen LogP contribution in [0.15, 0.2) is 53.1 Å². The Balaban J connectivity index is 1.09. The Morgan fingerprint density at radius 2 is 1.94 bits per heavy atom. The Labute approximate surface area is 209 Å². The van der Waals surface area contributed by atoms with E-state index in [0.29, 0.717) is 36.2 Å². The number of aromatic nitrogens is 2. The SMILES string of the molecule is O=C(NCc1cccc(N2CCCC2=O)c1)C1CCN(Cc2nc(-c3ccccc3Cl)no2)CC1. The van der Waals surface area contributed by atoms with Gasteiger partial charge in [-0.05, 0) is 62.2 Å². The first-order valence-corrected chi connectivity index (χ1v) is 12.4. The molecule has 0 atom stereocenters. The normalized spacial score (nSPS) is 17.2. The maximum atomic E-state index is 12.8. The highest BCUT2D eigenvalue weighted by Gasteiger charge is 2.26. The molecule has 0 aliphatic carbocycles. The zero-order chi connectivity index (χ0) is 24.2. The van der Waals surface area contributed by atoms with Crippen molar-refractivity contribution in [1.82, 2.24) is 20.4 Å². The molecule has 1 N–H and O–H groups in total. The summed E-state index contributed by atoms with van der Waals surface area (Å²) in [5.41, 5.74) is 2.65. The number of amides is 2. The van der Waals surface area contributed by atoms with Gasteiger partial charge in [0.1, 0.15) is 0 Å². The lowest BCUT2D eigenvalue weighted by Crippen LogP contribution is -2.40. The zero-order valence-corrected chi connectivity index (χ0v) is 20.2. The fraction of sp³-hybridized carbons (Fsp3) is 0.385. The van der Waals surface area contributed by atoms with E-state index in [1.54, 1.807) is 6.07 Å². The Kier molecular flexibility index (Phi) is 7.11. The molecule has 182 valence electrons. The van der Waals surface area contributed by atoms with Gasteiger partial charge in [-0.3, -0.25) is 14.5 Å². The minimum absolute atomic E-state index is 0.0176. The summed E-state index contributed by atoms with van der Waals surface area (Å²) in [5.74, 6) is 1.25. The molecule has 5 rings (SSSR count). The average molecular weight is 494 g/mol. The Bertz CT molecular complexity index is 1200. The number of carbonyl (C=O) groups is 2. The Morgan fingerprint density at radius 3 is 2.71 bits per heavy atom. The molecular formula is C26H28ClN5O3. The van der Waals surface area contributed by atoms with Crippen LogP contribution in [-0.2, 0) is 22.7 Å². The second kappa shape index (κ2) is 10.6. The maximum absolute atomic E-state index is 12.8. The second-order valence-electron chi connectivity index (χ2n) is 9.08. The fourth-order valence-electron chi connectivity index (χ4n) is 4.70. The van der Waals surface area contributed by atoms with Crippen molar-refractivity contribution in [3.63, 3.8) is 0 Å². The van der Waals surface area contributed by atoms with E-state index in [1.165, 1.54) is 0 Å². The zero-order valence-electron chi connectivity index (χ0n) is 19.5. The molecule has 9 heteroatoms. The van der Waals surface area contributed by atoms with Crippen molar-refractivity contribution in [3.05, 3.63) is 65.0 Å². The van der Waals surface area contributed by atoms with Crippen LogP contribution < -0.4 is 10.2 Å². The molecule has 3 heterocycles.